The molecule has 0 bridgehead atoms. The second kappa shape index (κ2) is 8.73. The fourth-order valence-corrected chi connectivity index (χ4v) is 2.73. The first-order valence-electron chi connectivity index (χ1n) is 8.72. The van der Waals surface area contributed by atoms with Crippen molar-refractivity contribution in [3.8, 4) is 11.5 Å². The van der Waals surface area contributed by atoms with E-state index in [9.17, 15) is 4.79 Å². The largest absolute Gasteiger partial charge is 0.491 e. The molecule has 1 amide bonds. The smallest absolute Gasteiger partial charge is 0.262 e. The second-order valence-corrected chi connectivity index (χ2v) is 6.89. The Morgan fingerprint density at radius 1 is 1.07 bits per heavy atom. The lowest BCUT2D eigenvalue weighted by molar-refractivity contribution is -0.118. The van der Waals surface area contributed by atoms with E-state index in [1.165, 1.54) is 0 Å². The van der Waals surface area contributed by atoms with E-state index in [1.54, 1.807) is 30.5 Å². The molecule has 0 aliphatic heterocycles. The van der Waals surface area contributed by atoms with Crippen molar-refractivity contribution in [2.45, 2.75) is 13.8 Å². The number of carbonyl (C=O) groups is 1. The van der Waals surface area contributed by atoms with Crippen molar-refractivity contribution in [3.05, 3.63) is 59.8 Å². The van der Waals surface area contributed by atoms with Crippen molar-refractivity contribution in [3.63, 3.8) is 0 Å². The minimum atomic E-state index is -0.283. The molecule has 0 aliphatic rings. The maximum atomic E-state index is 12.3. The van der Waals surface area contributed by atoms with Crippen LogP contribution in [0.25, 0.3) is 10.9 Å². The molecule has 0 atom stereocenters. The topological polar surface area (TPSA) is 60.5 Å². The lowest BCUT2D eigenvalue weighted by Crippen LogP contribution is -2.21. The number of para-hydroxylation sites is 2. The van der Waals surface area contributed by atoms with Crippen molar-refractivity contribution < 1.29 is 14.3 Å². The van der Waals surface area contributed by atoms with Gasteiger partial charge in [-0.1, -0.05) is 37.6 Å². The van der Waals surface area contributed by atoms with Crippen LogP contribution < -0.4 is 14.8 Å². The Hall–Kier alpha value is -2.79. The van der Waals surface area contributed by atoms with Gasteiger partial charge in [0.2, 0.25) is 0 Å². The van der Waals surface area contributed by atoms with Gasteiger partial charge in [0.1, 0.15) is 17.0 Å². The van der Waals surface area contributed by atoms with E-state index in [0.717, 1.165) is 5.39 Å². The average Bonchev–Trinajstić information content (AvgIpc) is 2.67. The van der Waals surface area contributed by atoms with Gasteiger partial charge in [0, 0.05) is 11.6 Å². The van der Waals surface area contributed by atoms with Gasteiger partial charge in [-0.05, 0) is 42.3 Å². The van der Waals surface area contributed by atoms with Crippen LogP contribution in [0.5, 0.6) is 11.5 Å². The van der Waals surface area contributed by atoms with Gasteiger partial charge >= 0.3 is 0 Å². The molecule has 1 aromatic heterocycles. The Bertz CT molecular complexity index is 944. The van der Waals surface area contributed by atoms with E-state index in [0.29, 0.717) is 40.3 Å². The Morgan fingerprint density at radius 2 is 1.89 bits per heavy atom. The molecule has 0 fully saturated rings. The number of pyridine rings is 1. The summed E-state index contributed by atoms with van der Waals surface area (Å²) in [5, 5.41) is 4.20. The highest BCUT2D eigenvalue weighted by molar-refractivity contribution is 6.35. The number of fused-ring (bicyclic) bond motifs is 1. The summed E-state index contributed by atoms with van der Waals surface area (Å²) in [5.41, 5.74) is 1.24. The van der Waals surface area contributed by atoms with E-state index >= 15 is 0 Å². The number of aromatic nitrogens is 1. The zero-order valence-electron chi connectivity index (χ0n) is 15.2. The third-order valence-corrected chi connectivity index (χ3v) is 4.10. The molecule has 5 nitrogen and oxygen atoms in total. The highest BCUT2D eigenvalue weighted by Crippen LogP contribution is 2.29. The van der Waals surface area contributed by atoms with Crippen molar-refractivity contribution in [2.24, 2.45) is 5.92 Å². The van der Waals surface area contributed by atoms with Crippen LogP contribution in [0.15, 0.2) is 54.7 Å². The number of benzene rings is 2. The molecule has 1 heterocycles. The van der Waals surface area contributed by atoms with Crippen LogP contribution in [-0.2, 0) is 4.79 Å². The number of amides is 1. The molecule has 0 saturated carbocycles. The van der Waals surface area contributed by atoms with Gasteiger partial charge in [-0.3, -0.25) is 9.78 Å². The molecule has 2 aromatic carbocycles. The summed E-state index contributed by atoms with van der Waals surface area (Å²) in [7, 11) is 0. The summed E-state index contributed by atoms with van der Waals surface area (Å²) < 4.78 is 11.4. The van der Waals surface area contributed by atoms with Crippen molar-refractivity contribution in [1.82, 2.24) is 4.98 Å². The van der Waals surface area contributed by atoms with E-state index in [2.05, 4.69) is 24.1 Å². The minimum Gasteiger partial charge on any atom is -0.491 e. The summed E-state index contributed by atoms with van der Waals surface area (Å²) in [6.07, 6.45) is 1.66. The van der Waals surface area contributed by atoms with Crippen LogP contribution >= 0.6 is 11.6 Å². The van der Waals surface area contributed by atoms with Crippen molar-refractivity contribution >= 4 is 34.1 Å². The molecule has 27 heavy (non-hydrogen) atoms. The van der Waals surface area contributed by atoms with Crippen LogP contribution in [0, 0.1) is 5.92 Å². The molecule has 140 valence electrons. The number of halogens is 1. The third kappa shape index (κ3) is 4.89. The Balaban J connectivity index is 1.67. The lowest BCUT2D eigenvalue weighted by Gasteiger charge is -2.14. The molecule has 0 spiro atoms. The number of anilines is 1. The van der Waals surface area contributed by atoms with E-state index in [4.69, 9.17) is 21.1 Å². The first-order valence-corrected chi connectivity index (χ1v) is 9.10. The van der Waals surface area contributed by atoms with Crippen molar-refractivity contribution in [2.75, 3.05) is 18.5 Å². The first-order chi connectivity index (χ1) is 13.0. The van der Waals surface area contributed by atoms with E-state index in [-0.39, 0.29) is 12.5 Å². The molecule has 0 saturated heterocycles. The molecular formula is C21H21ClN2O3. The quantitative estimate of drug-likeness (QED) is 0.626. The standard InChI is InChI=1S/C21H21ClN2O3/c1-14(2)12-26-18-8-4-3-7-17(18)24-20(25)13-27-19-10-9-16(22)15-6-5-11-23-21(15)19/h3-11,14H,12-13H2,1-2H3,(H,24,25). The summed E-state index contributed by atoms with van der Waals surface area (Å²) >= 11 is 6.18. The van der Waals surface area contributed by atoms with Crippen LogP contribution in [0.1, 0.15) is 13.8 Å². The first kappa shape index (κ1) is 19.0. The van der Waals surface area contributed by atoms with Crippen LogP contribution in [0.4, 0.5) is 5.69 Å². The Labute approximate surface area is 163 Å². The zero-order chi connectivity index (χ0) is 19.2. The van der Waals surface area contributed by atoms with Crippen LogP contribution in [0.2, 0.25) is 5.02 Å². The highest BCUT2D eigenvalue weighted by atomic mass is 35.5. The molecule has 3 rings (SSSR count). The van der Waals surface area contributed by atoms with Gasteiger partial charge in [-0.2, -0.15) is 0 Å². The molecule has 0 radical (unpaired) electrons. The molecular weight excluding hydrogens is 364 g/mol. The summed E-state index contributed by atoms with van der Waals surface area (Å²) in [6.45, 7) is 4.57. The average molecular weight is 385 g/mol. The SMILES string of the molecule is CC(C)COc1ccccc1NC(=O)COc1ccc(Cl)c2cccnc12. The highest BCUT2D eigenvalue weighted by Gasteiger charge is 2.11. The maximum absolute atomic E-state index is 12.3. The third-order valence-electron chi connectivity index (χ3n) is 3.77. The number of carbonyl (C=O) groups excluding carboxylic acids is 1. The van der Waals surface area contributed by atoms with Crippen molar-refractivity contribution in [1.29, 1.82) is 0 Å². The number of rotatable bonds is 7. The summed E-state index contributed by atoms with van der Waals surface area (Å²) in [5.74, 6) is 1.25. The number of hydrogen-bond acceptors (Lipinski definition) is 4. The predicted molar refractivity (Wildman–Crippen MR) is 108 cm³/mol. The van der Waals surface area contributed by atoms with Gasteiger partial charge in [0.25, 0.3) is 5.91 Å². The molecule has 3 aromatic rings. The number of nitrogens with one attached hydrogen (secondary N) is 1. The number of ether oxygens (including phenoxy) is 2. The van der Waals surface area contributed by atoms with E-state index < -0.39 is 0 Å². The van der Waals surface area contributed by atoms with Gasteiger partial charge in [0.15, 0.2) is 6.61 Å². The van der Waals surface area contributed by atoms with Gasteiger partial charge < -0.3 is 14.8 Å². The monoisotopic (exact) mass is 384 g/mol. The van der Waals surface area contributed by atoms with Gasteiger partial charge in [0.05, 0.1) is 17.3 Å². The molecule has 0 unspecified atom stereocenters. The second-order valence-electron chi connectivity index (χ2n) is 6.48. The zero-order valence-corrected chi connectivity index (χ0v) is 16.0. The molecule has 6 heteroatoms. The lowest BCUT2D eigenvalue weighted by atomic mass is 10.2. The molecule has 1 N–H and O–H groups in total. The van der Waals surface area contributed by atoms with Gasteiger partial charge in [-0.25, -0.2) is 0 Å². The van der Waals surface area contributed by atoms with E-state index in [1.807, 2.05) is 24.3 Å². The number of nitrogens with zero attached hydrogens (tertiary/aromatic N) is 1. The summed E-state index contributed by atoms with van der Waals surface area (Å²) in [6, 6.07) is 14.4. The normalized spacial score (nSPS) is 10.8. The predicted octanol–water partition coefficient (Wildman–Crippen LogP) is 4.94. The van der Waals surface area contributed by atoms with Crippen LogP contribution in [0.3, 0.4) is 0 Å². The minimum absolute atomic E-state index is 0.147. The summed E-state index contributed by atoms with van der Waals surface area (Å²) in [4.78, 5) is 16.6. The van der Waals surface area contributed by atoms with Crippen LogP contribution in [-0.4, -0.2) is 24.1 Å². The number of hydrogen-bond donors (Lipinski definition) is 1. The molecule has 0 aliphatic carbocycles. The Morgan fingerprint density at radius 3 is 2.70 bits per heavy atom. The van der Waals surface area contributed by atoms with Gasteiger partial charge in [-0.15, -0.1) is 0 Å². The fourth-order valence-electron chi connectivity index (χ4n) is 2.51. The fraction of sp³-hybridized carbons (Fsp3) is 0.238. The Kier molecular flexibility index (Phi) is 6.14. The maximum Gasteiger partial charge on any atom is 0.262 e.